The first kappa shape index (κ1) is 11.7. The van der Waals surface area contributed by atoms with E-state index in [0.717, 1.165) is 17.6 Å². The topological polar surface area (TPSA) is 17.1 Å². The molecule has 0 spiro atoms. The maximum atomic E-state index is 11.5. The summed E-state index contributed by atoms with van der Waals surface area (Å²) in [4.78, 5) is 11.5. The van der Waals surface area contributed by atoms with Gasteiger partial charge in [0.1, 0.15) is 0 Å². The second-order valence-corrected chi connectivity index (χ2v) is 4.17. The number of rotatable bonds is 4. The summed E-state index contributed by atoms with van der Waals surface area (Å²) >= 11 is 0. The Labute approximate surface area is 91.8 Å². The van der Waals surface area contributed by atoms with Crippen LogP contribution >= 0.6 is 0 Å². The van der Waals surface area contributed by atoms with Gasteiger partial charge >= 0.3 is 0 Å². The van der Waals surface area contributed by atoms with Crippen LogP contribution in [0, 0.1) is 5.92 Å². The van der Waals surface area contributed by atoms with Crippen molar-refractivity contribution in [2.24, 2.45) is 5.92 Å². The molecule has 0 aliphatic rings. The fourth-order valence-corrected chi connectivity index (χ4v) is 1.44. The normalized spacial score (nSPS) is 11.9. The highest BCUT2D eigenvalue weighted by Crippen LogP contribution is 2.17. The summed E-state index contributed by atoms with van der Waals surface area (Å²) in [6.45, 7) is 5.93. The van der Waals surface area contributed by atoms with Gasteiger partial charge in [0.05, 0.1) is 0 Å². The molecule has 80 valence electrons. The lowest BCUT2D eigenvalue weighted by atomic mass is 9.99. The first-order valence-corrected chi connectivity index (χ1v) is 5.37. The lowest BCUT2D eigenvalue weighted by Crippen LogP contribution is -1.97. The number of ketones is 1. The van der Waals surface area contributed by atoms with Gasteiger partial charge in [-0.2, -0.15) is 0 Å². The standard InChI is InChI=1S/C14H18O/c1-11(2)9-10-14(12(3)15)13-7-5-4-6-8-13/h4-8,10-11H,9H2,1-3H3/b14-10-. The fourth-order valence-electron chi connectivity index (χ4n) is 1.44. The summed E-state index contributed by atoms with van der Waals surface area (Å²) in [5.74, 6) is 0.727. The van der Waals surface area contributed by atoms with Crippen LogP contribution in [0.15, 0.2) is 36.4 Å². The zero-order valence-electron chi connectivity index (χ0n) is 9.66. The summed E-state index contributed by atoms with van der Waals surface area (Å²) in [6.07, 6.45) is 2.99. The third kappa shape index (κ3) is 3.70. The van der Waals surface area contributed by atoms with Crippen molar-refractivity contribution in [2.45, 2.75) is 27.2 Å². The van der Waals surface area contributed by atoms with Gasteiger partial charge in [-0.3, -0.25) is 4.79 Å². The Balaban J connectivity index is 2.94. The Morgan fingerprint density at radius 3 is 2.33 bits per heavy atom. The van der Waals surface area contributed by atoms with E-state index in [0.29, 0.717) is 5.92 Å². The average Bonchev–Trinajstić information content (AvgIpc) is 2.18. The van der Waals surface area contributed by atoms with Crippen molar-refractivity contribution in [3.05, 3.63) is 42.0 Å². The molecule has 0 aromatic heterocycles. The number of benzene rings is 1. The maximum absolute atomic E-state index is 11.5. The highest BCUT2D eigenvalue weighted by molar-refractivity contribution is 6.19. The number of allylic oxidation sites excluding steroid dienone is 2. The van der Waals surface area contributed by atoms with Gasteiger partial charge in [0.15, 0.2) is 5.78 Å². The van der Waals surface area contributed by atoms with Crippen molar-refractivity contribution in [1.29, 1.82) is 0 Å². The van der Waals surface area contributed by atoms with Gasteiger partial charge in [-0.25, -0.2) is 0 Å². The van der Waals surface area contributed by atoms with Crippen LogP contribution in [-0.4, -0.2) is 5.78 Å². The molecule has 1 aromatic rings. The smallest absolute Gasteiger partial charge is 0.160 e. The van der Waals surface area contributed by atoms with Crippen molar-refractivity contribution < 1.29 is 4.79 Å². The Morgan fingerprint density at radius 1 is 1.27 bits per heavy atom. The lowest BCUT2D eigenvalue weighted by molar-refractivity contribution is -0.111. The molecule has 1 aromatic carbocycles. The van der Waals surface area contributed by atoms with E-state index in [1.54, 1.807) is 6.92 Å². The molecule has 0 heterocycles. The summed E-state index contributed by atoms with van der Waals surface area (Å²) in [5, 5.41) is 0. The van der Waals surface area contributed by atoms with E-state index in [4.69, 9.17) is 0 Å². The highest BCUT2D eigenvalue weighted by Gasteiger charge is 2.06. The molecule has 0 aliphatic heterocycles. The molecule has 1 nitrogen and oxygen atoms in total. The van der Waals surface area contributed by atoms with E-state index in [1.807, 2.05) is 36.4 Å². The molecule has 1 rings (SSSR count). The number of carbonyl (C=O) groups excluding carboxylic acids is 1. The molecule has 15 heavy (non-hydrogen) atoms. The quantitative estimate of drug-likeness (QED) is 0.680. The summed E-state index contributed by atoms with van der Waals surface area (Å²) in [7, 11) is 0. The minimum Gasteiger partial charge on any atom is -0.295 e. The average molecular weight is 202 g/mol. The van der Waals surface area contributed by atoms with Crippen molar-refractivity contribution in [3.8, 4) is 0 Å². The molecule has 0 amide bonds. The van der Waals surface area contributed by atoms with Gasteiger partial charge in [-0.05, 0) is 24.8 Å². The third-order valence-electron chi connectivity index (χ3n) is 2.26. The summed E-state index contributed by atoms with van der Waals surface area (Å²) < 4.78 is 0. The molecule has 0 atom stereocenters. The van der Waals surface area contributed by atoms with E-state index in [9.17, 15) is 4.79 Å². The van der Waals surface area contributed by atoms with E-state index in [-0.39, 0.29) is 5.78 Å². The van der Waals surface area contributed by atoms with Crippen molar-refractivity contribution in [1.82, 2.24) is 0 Å². The highest BCUT2D eigenvalue weighted by atomic mass is 16.1. The van der Waals surface area contributed by atoms with Gasteiger partial charge in [0.2, 0.25) is 0 Å². The predicted molar refractivity (Wildman–Crippen MR) is 64.6 cm³/mol. The Morgan fingerprint density at radius 2 is 1.87 bits per heavy atom. The van der Waals surface area contributed by atoms with Crippen LogP contribution in [0.1, 0.15) is 32.8 Å². The Hall–Kier alpha value is -1.37. The fraction of sp³-hybridized carbons (Fsp3) is 0.357. The monoisotopic (exact) mass is 202 g/mol. The van der Waals surface area contributed by atoms with E-state index in [1.165, 1.54) is 0 Å². The molecule has 1 heteroatoms. The largest absolute Gasteiger partial charge is 0.295 e. The molecule has 0 aliphatic carbocycles. The second-order valence-electron chi connectivity index (χ2n) is 4.17. The van der Waals surface area contributed by atoms with Gasteiger partial charge in [0, 0.05) is 5.57 Å². The molecule has 0 saturated heterocycles. The number of carbonyl (C=O) groups is 1. The first-order chi connectivity index (χ1) is 7.11. The molecule has 0 bridgehead atoms. The van der Waals surface area contributed by atoms with Crippen LogP contribution in [0.4, 0.5) is 0 Å². The second kappa shape index (κ2) is 5.50. The zero-order chi connectivity index (χ0) is 11.3. The third-order valence-corrected chi connectivity index (χ3v) is 2.26. The molecule has 0 saturated carbocycles. The van der Waals surface area contributed by atoms with Crippen molar-refractivity contribution in [3.63, 3.8) is 0 Å². The first-order valence-electron chi connectivity index (χ1n) is 5.37. The van der Waals surface area contributed by atoms with Crippen LogP contribution in [0.25, 0.3) is 5.57 Å². The van der Waals surface area contributed by atoms with Crippen molar-refractivity contribution >= 4 is 11.4 Å². The molecule has 0 unspecified atom stereocenters. The number of hydrogen-bond donors (Lipinski definition) is 0. The van der Waals surface area contributed by atoms with Crippen LogP contribution in [0.5, 0.6) is 0 Å². The molecular formula is C14H18O. The molecule has 0 N–H and O–H groups in total. The number of hydrogen-bond acceptors (Lipinski definition) is 1. The van der Waals surface area contributed by atoms with Gasteiger partial charge < -0.3 is 0 Å². The van der Waals surface area contributed by atoms with E-state index < -0.39 is 0 Å². The van der Waals surface area contributed by atoms with E-state index in [2.05, 4.69) is 13.8 Å². The Kier molecular flexibility index (Phi) is 4.29. The predicted octanol–water partition coefficient (Wildman–Crippen LogP) is 3.71. The SMILES string of the molecule is CC(=O)/C(=C/CC(C)C)c1ccccc1. The van der Waals surface area contributed by atoms with Crippen LogP contribution in [0.3, 0.4) is 0 Å². The lowest BCUT2D eigenvalue weighted by Gasteiger charge is -2.05. The molecule has 0 radical (unpaired) electrons. The number of Topliss-reactive ketones (excluding diaryl/α,β-unsaturated/α-hetero) is 1. The maximum Gasteiger partial charge on any atom is 0.160 e. The molecular weight excluding hydrogens is 184 g/mol. The minimum atomic E-state index is 0.141. The van der Waals surface area contributed by atoms with Gasteiger partial charge in [-0.1, -0.05) is 50.3 Å². The minimum absolute atomic E-state index is 0.141. The van der Waals surface area contributed by atoms with Crippen LogP contribution in [-0.2, 0) is 4.79 Å². The van der Waals surface area contributed by atoms with E-state index >= 15 is 0 Å². The van der Waals surface area contributed by atoms with Gasteiger partial charge in [-0.15, -0.1) is 0 Å². The Bertz CT molecular complexity index is 347. The van der Waals surface area contributed by atoms with Crippen LogP contribution < -0.4 is 0 Å². The van der Waals surface area contributed by atoms with Crippen LogP contribution in [0.2, 0.25) is 0 Å². The molecule has 0 fully saturated rings. The van der Waals surface area contributed by atoms with Crippen molar-refractivity contribution in [2.75, 3.05) is 0 Å². The summed E-state index contributed by atoms with van der Waals surface area (Å²) in [6, 6.07) is 9.84. The summed E-state index contributed by atoms with van der Waals surface area (Å²) in [5.41, 5.74) is 1.86. The zero-order valence-corrected chi connectivity index (χ0v) is 9.66. The van der Waals surface area contributed by atoms with Gasteiger partial charge in [0.25, 0.3) is 0 Å².